The third kappa shape index (κ3) is 8.48. The lowest BCUT2D eigenvalue weighted by molar-refractivity contribution is -0.129. The van der Waals surface area contributed by atoms with E-state index in [1.807, 2.05) is 25.1 Å². The van der Waals surface area contributed by atoms with Gasteiger partial charge in [0, 0.05) is 38.2 Å². The van der Waals surface area contributed by atoms with E-state index >= 15 is 0 Å². The van der Waals surface area contributed by atoms with E-state index in [0.29, 0.717) is 37.3 Å². The zero-order valence-corrected chi connectivity index (χ0v) is 29.7. The Labute approximate surface area is 294 Å². The Bertz CT molecular complexity index is 1670. The van der Waals surface area contributed by atoms with Crippen LogP contribution in [0.3, 0.4) is 0 Å². The number of likely N-dealkylation sites (N-methyl/N-ethyl adjacent to an activating group) is 1. The van der Waals surface area contributed by atoms with E-state index < -0.39 is 38.5 Å². The summed E-state index contributed by atoms with van der Waals surface area (Å²) in [5.41, 5.74) is 5.01. The van der Waals surface area contributed by atoms with Crippen LogP contribution in [0.4, 0.5) is 9.18 Å². The third-order valence-corrected chi connectivity index (χ3v) is 12.5. The molecule has 2 aromatic rings. The first-order chi connectivity index (χ1) is 23.9. The number of nitrogens with two attached hydrogens (primary N) is 1. The predicted molar refractivity (Wildman–Crippen MR) is 186 cm³/mol. The van der Waals surface area contributed by atoms with Crippen molar-refractivity contribution in [2.45, 2.75) is 60.2 Å². The first-order valence-electron chi connectivity index (χ1n) is 17.4. The van der Waals surface area contributed by atoms with Crippen molar-refractivity contribution in [3.05, 3.63) is 72.1 Å². The molecule has 50 heavy (non-hydrogen) atoms. The van der Waals surface area contributed by atoms with Gasteiger partial charge in [0.1, 0.15) is 22.9 Å². The van der Waals surface area contributed by atoms with Crippen LogP contribution >= 0.6 is 0 Å². The maximum absolute atomic E-state index is 14.5. The number of carbonyl (C=O) groups excluding carboxylic acids is 2. The van der Waals surface area contributed by atoms with Gasteiger partial charge in [-0.15, -0.1) is 0 Å². The van der Waals surface area contributed by atoms with Crippen molar-refractivity contribution in [2.75, 3.05) is 60.0 Å². The van der Waals surface area contributed by atoms with E-state index in [1.54, 1.807) is 36.4 Å². The highest BCUT2D eigenvalue weighted by atomic mass is 32.2. The molecule has 2 N–H and O–H groups in total. The van der Waals surface area contributed by atoms with Crippen molar-refractivity contribution in [3.63, 3.8) is 0 Å². The highest BCUT2D eigenvalue weighted by Gasteiger charge is 2.53. The van der Waals surface area contributed by atoms with Crippen LogP contribution in [0.25, 0.3) is 0 Å². The lowest BCUT2D eigenvalue weighted by Gasteiger charge is -2.45. The number of amides is 2. The number of piperidine rings is 1. The maximum Gasteiger partial charge on any atom is 0.404 e. The van der Waals surface area contributed by atoms with Gasteiger partial charge < -0.3 is 29.9 Å². The molecule has 1 saturated carbocycles. The summed E-state index contributed by atoms with van der Waals surface area (Å²) < 4.78 is 52.1. The van der Waals surface area contributed by atoms with Crippen molar-refractivity contribution < 1.29 is 31.9 Å². The molecule has 270 valence electrons. The molecule has 0 aromatic heterocycles. The van der Waals surface area contributed by atoms with Crippen molar-refractivity contribution in [3.8, 4) is 11.8 Å². The van der Waals surface area contributed by atoms with Crippen LogP contribution in [-0.4, -0.2) is 106 Å². The van der Waals surface area contributed by atoms with Crippen LogP contribution < -0.4 is 10.5 Å². The zero-order valence-electron chi connectivity index (χ0n) is 28.9. The van der Waals surface area contributed by atoms with Crippen molar-refractivity contribution >= 4 is 21.8 Å². The molecule has 3 fully saturated rings. The van der Waals surface area contributed by atoms with Crippen LogP contribution in [0.5, 0.6) is 5.75 Å². The standard InChI is InChI=1S/C37H48FN5O6S/c1-41(2)18-5-11-35(44)43-24-32(25-43)50(46,47)31-14-12-30(13-15-31)48-22-6-19-42-20-16-27(17-21-42)37(26-39,28-7-3-8-29(38)23-28)33-9-4-10-34(33)49-36(40)45/h3,5,7-8,11-15,23,27,32-34H,4,6,9-10,16-22,24-25H2,1-2H3,(H2,40,45)/b11-5+/t33-,34-,37?/m0/s1. The maximum atomic E-state index is 14.5. The first kappa shape index (κ1) is 37.3. The Kier molecular flexibility index (Phi) is 12.2. The van der Waals surface area contributed by atoms with E-state index in [-0.39, 0.29) is 35.7 Å². The van der Waals surface area contributed by atoms with Gasteiger partial charge >= 0.3 is 6.09 Å². The second-order valence-electron chi connectivity index (χ2n) is 13.9. The highest BCUT2D eigenvalue weighted by Crippen LogP contribution is 2.51. The summed E-state index contributed by atoms with van der Waals surface area (Å²) in [5.74, 6) is -0.325. The van der Waals surface area contributed by atoms with Gasteiger partial charge in [0.15, 0.2) is 9.84 Å². The monoisotopic (exact) mass is 709 g/mol. The molecule has 3 atom stereocenters. The summed E-state index contributed by atoms with van der Waals surface area (Å²) in [6, 6.07) is 15.3. The van der Waals surface area contributed by atoms with Gasteiger partial charge in [-0.2, -0.15) is 5.26 Å². The average molecular weight is 710 g/mol. The van der Waals surface area contributed by atoms with Gasteiger partial charge in [-0.05, 0) is 114 Å². The highest BCUT2D eigenvalue weighted by molar-refractivity contribution is 7.92. The molecule has 0 spiro atoms. The number of halogens is 1. The lowest BCUT2D eigenvalue weighted by atomic mass is 9.59. The zero-order chi connectivity index (χ0) is 35.9. The van der Waals surface area contributed by atoms with Crippen LogP contribution in [0.1, 0.15) is 44.1 Å². The summed E-state index contributed by atoms with van der Waals surface area (Å²) in [4.78, 5) is 30.0. The molecule has 2 heterocycles. The molecule has 11 nitrogen and oxygen atoms in total. The average Bonchev–Trinajstić information content (AvgIpc) is 3.51. The van der Waals surface area contributed by atoms with E-state index in [4.69, 9.17) is 15.2 Å². The fourth-order valence-electron chi connectivity index (χ4n) is 7.77. The molecular formula is C37H48FN5O6S. The first-order valence-corrected chi connectivity index (χ1v) is 18.9. The molecule has 13 heteroatoms. The Hall–Kier alpha value is -3.99. The van der Waals surface area contributed by atoms with Gasteiger partial charge in [-0.25, -0.2) is 17.6 Å². The minimum atomic E-state index is -3.56. The molecule has 1 aliphatic carbocycles. The van der Waals surface area contributed by atoms with Crippen LogP contribution in [0.2, 0.25) is 0 Å². The summed E-state index contributed by atoms with van der Waals surface area (Å²) in [6.07, 6.45) is 6.26. The van der Waals surface area contributed by atoms with Crippen LogP contribution in [-0.2, 0) is 24.8 Å². The molecule has 1 unspecified atom stereocenters. The van der Waals surface area contributed by atoms with Gasteiger partial charge in [0.25, 0.3) is 0 Å². The van der Waals surface area contributed by atoms with Crippen LogP contribution in [0, 0.1) is 29.0 Å². The van der Waals surface area contributed by atoms with Crippen molar-refractivity contribution in [2.24, 2.45) is 17.6 Å². The molecule has 5 rings (SSSR count). The molecule has 0 radical (unpaired) electrons. The van der Waals surface area contributed by atoms with E-state index in [2.05, 4.69) is 11.0 Å². The number of hydrogen-bond donors (Lipinski definition) is 1. The Morgan fingerprint density at radius 2 is 1.82 bits per heavy atom. The Morgan fingerprint density at radius 1 is 1.10 bits per heavy atom. The third-order valence-electron chi connectivity index (χ3n) is 10.4. The molecule has 2 amide bonds. The van der Waals surface area contributed by atoms with E-state index in [0.717, 1.165) is 45.3 Å². The number of nitrogens with zero attached hydrogens (tertiary/aromatic N) is 4. The number of benzene rings is 2. The fraction of sp³-hybridized carbons (Fsp3) is 0.541. The normalized spacial score (nSPS) is 21.9. The molecule has 2 saturated heterocycles. The number of carbonyl (C=O) groups is 2. The summed E-state index contributed by atoms with van der Waals surface area (Å²) in [7, 11) is 0.245. The van der Waals surface area contributed by atoms with E-state index in [1.165, 1.54) is 23.1 Å². The largest absolute Gasteiger partial charge is 0.494 e. The fourth-order valence-corrected chi connectivity index (χ4v) is 9.42. The molecule has 2 aromatic carbocycles. The minimum absolute atomic E-state index is 0.0490. The van der Waals surface area contributed by atoms with Gasteiger partial charge in [-0.3, -0.25) is 4.79 Å². The Balaban J connectivity index is 1.10. The number of sulfone groups is 1. The second kappa shape index (κ2) is 16.4. The molecular weight excluding hydrogens is 662 g/mol. The number of primary amides is 1. The molecule has 0 bridgehead atoms. The summed E-state index contributed by atoms with van der Waals surface area (Å²) in [6.45, 7) is 3.76. The second-order valence-corrected chi connectivity index (χ2v) is 16.1. The SMILES string of the molecule is CN(C)C/C=C/C(=O)N1CC(S(=O)(=O)c2ccc(OCCCN3CCC(C(C#N)(c4cccc(F)c4)[C@H]4CCC[C@@H]4OC(N)=O)CC3)cc2)C1. The van der Waals surface area contributed by atoms with E-state index in [9.17, 15) is 27.7 Å². The smallest absolute Gasteiger partial charge is 0.404 e. The number of ether oxygens (including phenoxy) is 2. The summed E-state index contributed by atoms with van der Waals surface area (Å²) >= 11 is 0. The van der Waals surface area contributed by atoms with Crippen LogP contribution in [0.15, 0.2) is 65.6 Å². The predicted octanol–water partition coefficient (Wildman–Crippen LogP) is 4.13. The summed E-state index contributed by atoms with van der Waals surface area (Å²) in [5, 5.41) is 10.2. The molecule has 2 aliphatic heterocycles. The van der Waals surface area contributed by atoms with Gasteiger partial charge in [0.2, 0.25) is 5.91 Å². The number of rotatable bonds is 14. The Morgan fingerprint density at radius 3 is 2.46 bits per heavy atom. The van der Waals surface area contributed by atoms with Gasteiger partial charge in [-0.1, -0.05) is 18.2 Å². The topological polar surface area (TPSA) is 146 Å². The number of likely N-dealkylation sites (tertiary alicyclic amines) is 2. The number of nitriles is 1. The van der Waals surface area contributed by atoms with Gasteiger partial charge in [0.05, 0.1) is 23.0 Å². The minimum Gasteiger partial charge on any atom is -0.494 e. The molecule has 3 aliphatic rings. The van der Waals surface area contributed by atoms with Crippen molar-refractivity contribution in [1.82, 2.24) is 14.7 Å². The lowest BCUT2D eigenvalue weighted by Crippen LogP contribution is -2.56. The number of hydrogen-bond acceptors (Lipinski definition) is 9. The van der Waals surface area contributed by atoms with Crippen molar-refractivity contribution in [1.29, 1.82) is 5.26 Å². The quantitative estimate of drug-likeness (QED) is 0.226.